The Balaban J connectivity index is 1.88. The largest absolute Gasteiger partial charge is 0.496 e. The normalized spacial score (nSPS) is 12.1. The molecule has 1 atom stereocenters. The highest BCUT2D eigenvalue weighted by Crippen LogP contribution is 2.27. The molecule has 0 aromatic heterocycles. The van der Waals surface area contributed by atoms with E-state index in [9.17, 15) is 13.2 Å². The van der Waals surface area contributed by atoms with Gasteiger partial charge in [-0.2, -0.15) is 0 Å². The van der Waals surface area contributed by atoms with Crippen LogP contribution >= 0.6 is 11.6 Å². The maximum atomic E-state index is 13.4. The monoisotopic (exact) mass is 486 g/mol. The molecule has 0 saturated heterocycles. The number of methoxy groups -OCH3 is 1. The van der Waals surface area contributed by atoms with Crippen LogP contribution in [-0.4, -0.2) is 28.0 Å². The molecular formula is C25H27ClN2O4S. The number of amides is 1. The predicted molar refractivity (Wildman–Crippen MR) is 131 cm³/mol. The molecule has 0 bridgehead atoms. The van der Waals surface area contributed by atoms with Gasteiger partial charge in [-0.3, -0.25) is 9.10 Å². The van der Waals surface area contributed by atoms with Gasteiger partial charge in [0.05, 0.1) is 23.7 Å². The van der Waals surface area contributed by atoms with E-state index >= 15 is 0 Å². The molecule has 0 aliphatic rings. The lowest BCUT2D eigenvalue weighted by Gasteiger charge is -2.26. The number of hydrogen-bond donors (Lipinski definition) is 1. The van der Waals surface area contributed by atoms with Crippen molar-refractivity contribution in [2.24, 2.45) is 0 Å². The highest BCUT2D eigenvalue weighted by Gasteiger charge is 2.28. The van der Waals surface area contributed by atoms with Gasteiger partial charge in [-0.15, -0.1) is 0 Å². The molecule has 33 heavy (non-hydrogen) atoms. The summed E-state index contributed by atoms with van der Waals surface area (Å²) < 4.78 is 33.2. The summed E-state index contributed by atoms with van der Waals surface area (Å²) in [6, 6.07) is 19.8. The third-order valence-electron chi connectivity index (χ3n) is 5.30. The SMILES string of the molecule is CC[C@@H](NC(=O)CN(c1ccc(Cl)cc1)S(=O)(=O)c1ccccc1)c1ccc(OC)c(C)c1. The van der Waals surface area contributed by atoms with Gasteiger partial charge >= 0.3 is 0 Å². The van der Waals surface area contributed by atoms with Crippen LogP contribution in [0.2, 0.25) is 5.02 Å². The van der Waals surface area contributed by atoms with E-state index in [0.29, 0.717) is 17.1 Å². The molecule has 3 rings (SSSR count). The Bertz CT molecular complexity index is 1200. The number of carbonyl (C=O) groups excluding carboxylic acids is 1. The lowest BCUT2D eigenvalue weighted by atomic mass is 10.0. The second-order valence-electron chi connectivity index (χ2n) is 7.56. The minimum atomic E-state index is -3.97. The zero-order chi connectivity index (χ0) is 24.0. The Morgan fingerprint density at radius 3 is 2.30 bits per heavy atom. The van der Waals surface area contributed by atoms with E-state index in [1.807, 2.05) is 32.0 Å². The Hall–Kier alpha value is -3.03. The zero-order valence-electron chi connectivity index (χ0n) is 18.8. The summed E-state index contributed by atoms with van der Waals surface area (Å²) in [6.07, 6.45) is 0.643. The number of rotatable bonds is 9. The van der Waals surface area contributed by atoms with E-state index in [-0.39, 0.29) is 17.5 Å². The lowest BCUT2D eigenvalue weighted by molar-refractivity contribution is -0.120. The van der Waals surface area contributed by atoms with E-state index in [2.05, 4.69) is 5.32 Å². The van der Waals surface area contributed by atoms with Crippen molar-refractivity contribution in [1.82, 2.24) is 5.32 Å². The molecule has 3 aromatic rings. The Morgan fingerprint density at radius 1 is 1.06 bits per heavy atom. The van der Waals surface area contributed by atoms with Crippen LogP contribution in [0.1, 0.15) is 30.5 Å². The fourth-order valence-corrected chi connectivity index (χ4v) is 5.12. The second-order valence-corrected chi connectivity index (χ2v) is 9.86. The number of aryl methyl sites for hydroxylation is 1. The van der Waals surface area contributed by atoms with Gasteiger partial charge in [0.1, 0.15) is 12.3 Å². The number of halogens is 1. The van der Waals surface area contributed by atoms with Gasteiger partial charge in [0.15, 0.2) is 0 Å². The van der Waals surface area contributed by atoms with E-state index in [4.69, 9.17) is 16.3 Å². The topological polar surface area (TPSA) is 75.7 Å². The molecule has 0 unspecified atom stereocenters. The first-order chi connectivity index (χ1) is 15.8. The summed E-state index contributed by atoms with van der Waals surface area (Å²) in [5.41, 5.74) is 2.23. The van der Waals surface area contributed by atoms with E-state index in [0.717, 1.165) is 21.2 Å². The number of sulfonamides is 1. The Labute approximate surface area is 200 Å². The van der Waals surface area contributed by atoms with Gasteiger partial charge in [0, 0.05) is 5.02 Å². The van der Waals surface area contributed by atoms with Gasteiger partial charge in [0.25, 0.3) is 10.0 Å². The summed E-state index contributed by atoms with van der Waals surface area (Å²) >= 11 is 5.99. The molecule has 0 spiro atoms. The van der Waals surface area contributed by atoms with E-state index < -0.39 is 15.9 Å². The molecular weight excluding hydrogens is 460 g/mol. The summed E-state index contributed by atoms with van der Waals surface area (Å²) in [4.78, 5) is 13.2. The molecule has 0 fully saturated rings. The van der Waals surface area contributed by atoms with Crippen LogP contribution < -0.4 is 14.4 Å². The number of nitrogens with one attached hydrogen (secondary N) is 1. The first-order valence-electron chi connectivity index (χ1n) is 10.5. The molecule has 0 aliphatic carbocycles. The summed E-state index contributed by atoms with van der Waals surface area (Å²) in [5, 5.41) is 3.44. The van der Waals surface area contributed by atoms with Crippen molar-refractivity contribution >= 4 is 33.2 Å². The lowest BCUT2D eigenvalue weighted by Crippen LogP contribution is -2.42. The molecule has 0 radical (unpaired) electrons. The van der Waals surface area contributed by atoms with Crippen LogP contribution in [0.15, 0.2) is 77.7 Å². The molecule has 1 amide bonds. The zero-order valence-corrected chi connectivity index (χ0v) is 20.4. The van der Waals surface area contributed by atoms with Crippen molar-refractivity contribution in [3.05, 3.63) is 88.9 Å². The number of benzene rings is 3. The molecule has 0 saturated carbocycles. The van der Waals surface area contributed by atoms with E-state index in [1.165, 1.54) is 12.1 Å². The smallest absolute Gasteiger partial charge is 0.264 e. The summed E-state index contributed by atoms with van der Waals surface area (Å²) in [5.74, 6) is 0.354. The van der Waals surface area contributed by atoms with Crippen LogP contribution in [0, 0.1) is 6.92 Å². The molecule has 6 nitrogen and oxygen atoms in total. The quantitative estimate of drug-likeness (QED) is 0.455. The van der Waals surface area contributed by atoms with Crippen LogP contribution in [0.3, 0.4) is 0 Å². The number of carbonyl (C=O) groups is 1. The third-order valence-corrected chi connectivity index (χ3v) is 7.34. The summed E-state index contributed by atoms with van der Waals surface area (Å²) in [7, 11) is -2.36. The van der Waals surface area contributed by atoms with Crippen molar-refractivity contribution in [1.29, 1.82) is 0 Å². The van der Waals surface area contributed by atoms with Gasteiger partial charge in [-0.25, -0.2) is 8.42 Å². The number of anilines is 1. The average molecular weight is 487 g/mol. The molecule has 174 valence electrons. The maximum Gasteiger partial charge on any atom is 0.264 e. The molecule has 1 N–H and O–H groups in total. The van der Waals surface area contributed by atoms with Crippen molar-refractivity contribution < 1.29 is 17.9 Å². The average Bonchev–Trinajstić information content (AvgIpc) is 2.82. The van der Waals surface area contributed by atoms with Crippen molar-refractivity contribution in [3.63, 3.8) is 0 Å². The van der Waals surface area contributed by atoms with Crippen molar-refractivity contribution in [3.8, 4) is 5.75 Å². The minimum Gasteiger partial charge on any atom is -0.496 e. The fraction of sp³-hybridized carbons (Fsp3) is 0.240. The highest BCUT2D eigenvalue weighted by atomic mass is 35.5. The van der Waals surface area contributed by atoms with Gasteiger partial charge in [-0.1, -0.05) is 48.9 Å². The molecule has 3 aromatic carbocycles. The molecule has 8 heteroatoms. The van der Waals surface area contributed by atoms with Crippen LogP contribution in [0.5, 0.6) is 5.75 Å². The molecule has 0 heterocycles. The standard InChI is InChI=1S/C25H27ClN2O4S/c1-4-23(19-10-15-24(32-3)18(2)16-19)27-25(29)17-28(21-13-11-20(26)12-14-21)33(30,31)22-8-6-5-7-9-22/h5-16,23H,4,17H2,1-3H3,(H,27,29)/t23-/m1/s1. The van der Waals surface area contributed by atoms with Gasteiger partial charge in [-0.05, 0) is 66.9 Å². The van der Waals surface area contributed by atoms with Crippen LogP contribution in [0.4, 0.5) is 5.69 Å². The summed E-state index contributed by atoms with van der Waals surface area (Å²) in [6.45, 7) is 3.53. The first-order valence-corrected chi connectivity index (χ1v) is 12.3. The third kappa shape index (κ3) is 5.86. The van der Waals surface area contributed by atoms with Crippen LogP contribution in [-0.2, 0) is 14.8 Å². The highest BCUT2D eigenvalue weighted by molar-refractivity contribution is 7.92. The predicted octanol–water partition coefficient (Wildman–Crippen LogP) is 5.12. The van der Waals surface area contributed by atoms with Crippen LogP contribution in [0.25, 0.3) is 0 Å². The second kappa shape index (κ2) is 10.7. The van der Waals surface area contributed by atoms with Crippen molar-refractivity contribution in [2.75, 3.05) is 18.0 Å². The van der Waals surface area contributed by atoms with E-state index in [1.54, 1.807) is 49.6 Å². The van der Waals surface area contributed by atoms with Gasteiger partial charge < -0.3 is 10.1 Å². The maximum absolute atomic E-state index is 13.4. The Morgan fingerprint density at radius 2 is 1.73 bits per heavy atom. The minimum absolute atomic E-state index is 0.102. The number of hydrogen-bond acceptors (Lipinski definition) is 4. The van der Waals surface area contributed by atoms with Crippen molar-refractivity contribution in [2.45, 2.75) is 31.2 Å². The fourth-order valence-electron chi connectivity index (χ4n) is 3.55. The number of nitrogens with zero attached hydrogens (tertiary/aromatic N) is 1. The van der Waals surface area contributed by atoms with Gasteiger partial charge in [0.2, 0.25) is 5.91 Å². The molecule has 0 aliphatic heterocycles. The number of ether oxygens (including phenoxy) is 1. The Kier molecular flexibility index (Phi) is 8.00. The first kappa shape index (κ1) is 24.6.